The van der Waals surface area contributed by atoms with Gasteiger partial charge in [0, 0.05) is 0 Å². The molecule has 0 aliphatic heterocycles. The summed E-state index contributed by atoms with van der Waals surface area (Å²) in [5.74, 6) is 0. The average molecular weight is 358 g/mol. The predicted octanol–water partition coefficient (Wildman–Crippen LogP) is 0.320. The summed E-state index contributed by atoms with van der Waals surface area (Å²) in [5.41, 5.74) is -1.47. The van der Waals surface area contributed by atoms with E-state index in [0.717, 1.165) is 0 Å². The summed E-state index contributed by atoms with van der Waals surface area (Å²) in [5, 5.41) is -2.29. The maximum atomic E-state index is 11.2. The van der Waals surface area contributed by atoms with Crippen LogP contribution in [-0.4, -0.2) is 36.2 Å². The summed E-state index contributed by atoms with van der Waals surface area (Å²) >= 11 is 6.70. The van der Waals surface area contributed by atoms with Gasteiger partial charge < -0.3 is 0 Å². The average Bonchev–Trinajstić information content (AvgIpc) is 2.24. The summed E-state index contributed by atoms with van der Waals surface area (Å²) in [6.07, 6.45) is 0. The molecule has 0 bridgehead atoms. The van der Waals surface area contributed by atoms with Gasteiger partial charge >= 0.3 is 0 Å². The molecule has 1 rings (SSSR count). The normalized spacial score (nSPS) is 12.2. The zero-order valence-electron chi connectivity index (χ0n) is 9.21. The Morgan fingerprint density at radius 3 is 1.30 bits per heavy atom. The van der Waals surface area contributed by atoms with Gasteiger partial charge in [-0.15, -0.1) is 25.3 Å². The van der Waals surface area contributed by atoms with Crippen LogP contribution in [0.15, 0.2) is 21.9 Å². The van der Waals surface area contributed by atoms with Gasteiger partial charge in [0.2, 0.25) is 10.2 Å². The minimum Gasteiger partial charge on any atom is -0.282 e. The molecule has 110 valence electrons. The Bertz CT molecular complexity index is 740. The minimum atomic E-state index is -4.99. The van der Waals surface area contributed by atoms with E-state index in [0.29, 0.717) is 6.07 Å². The van der Waals surface area contributed by atoms with Crippen molar-refractivity contribution in [1.29, 1.82) is 0 Å². The van der Waals surface area contributed by atoms with Crippen molar-refractivity contribution < 1.29 is 35.5 Å². The highest BCUT2D eigenvalue weighted by Crippen LogP contribution is 2.27. The number of hydrogen-bond acceptors (Lipinski definition) is 6. The highest BCUT2D eigenvalue weighted by atomic mass is 32.2. The molecular weight excluding hydrogens is 352 g/mol. The Labute approximate surface area is 124 Å². The van der Waals surface area contributed by atoms with E-state index in [1.54, 1.807) is 0 Å². The van der Waals surface area contributed by atoms with E-state index >= 15 is 0 Å². The van der Waals surface area contributed by atoms with Crippen LogP contribution < -0.4 is 0 Å². The summed E-state index contributed by atoms with van der Waals surface area (Å²) in [6, 6.07) is 0.828. The highest BCUT2D eigenvalue weighted by molar-refractivity contribution is 7.97. The predicted molar refractivity (Wildman–Crippen MR) is 72.7 cm³/mol. The molecule has 12 heteroatoms. The lowest BCUT2D eigenvalue weighted by Gasteiger charge is -2.09. The molecule has 1 aromatic carbocycles. The molecule has 0 aliphatic carbocycles. The van der Waals surface area contributed by atoms with E-state index in [2.05, 4.69) is 25.3 Å². The molecule has 0 heterocycles. The van der Waals surface area contributed by atoms with Crippen molar-refractivity contribution in [2.24, 2.45) is 0 Å². The van der Waals surface area contributed by atoms with E-state index in [1.807, 2.05) is 0 Å². The van der Waals surface area contributed by atoms with Gasteiger partial charge in [0.1, 0.15) is 9.79 Å². The lowest BCUT2D eigenvalue weighted by Crippen LogP contribution is -2.12. The SMILES string of the molecule is O=C(S)c1cc(C(=O)S)c(S(=O)(=O)O)cc1S(=O)(=O)O. The van der Waals surface area contributed by atoms with Crippen molar-refractivity contribution >= 4 is 55.7 Å². The van der Waals surface area contributed by atoms with Crippen LogP contribution in [-0.2, 0) is 20.2 Å². The van der Waals surface area contributed by atoms with E-state index in [-0.39, 0.29) is 6.07 Å². The smallest absolute Gasteiger partial charge is 0.282 e. The highest BCUT2D eigenvalue weighted by Gasteiger charge is 2.27. The van der Waals surface area contributed by atoms with Gasteiger partial charge in [0.05, 0.1) is 11.1 Å². The zero-order chi connectivity index (χ0) is 15.9. The second-order valence-corrected chi connectivity index (χ2v) is 7.00. The molecule has 0 atom stereocenters. The van der Waals surface area contributed by atoms with E-state index < -0.39 is 51.4 Å². The zero-order valence-corrected chi connectivity index (χ0v) is 12.6. The molecule has 0 amide bonds. The summed E-state index contributed by atoms with van der Waals surface area (Å²) in [6.45, 7) is 0. The molecule has 0 spiro atoms. The third kappa shape index (κ3) is 3.59. The largest absolute Gasteiger partial charge is 0.295 e. The topological polar surface area (TPSA) is 143 Å². The second kappa shape index (κ2) is 5.46. The number of benzene rings is 1. The van der Waals surface area contributed by atoms with Gasteiger partial charge in [-0.25, -0.2) is 0 Å². The molecule has 20 heavy (non-hydrogen) atoms. The fraction of sp³-hybridized carbons (Fsp3) is 0. The first-order chi connectivity index (χ1) is 8.85. The first kappa shape index (κ1) is 17.1. The molecule has 0 aromatic heterocycles. The van der Waals surface area contributed by atoms with Crippen molar-refractivity contribution in [2.45, 2.75) is 9.79 Å². The fourth-order valence-corrected chi connectivity index (χ4v) is 3.31. The van der Waals surface area contributed by atoms with Gasteiger partial charge in [0.25, 0.3) is 20.2 Å². The third-order valence-corrected chi connectivity index (χ3v) is 4.37. The van der Waals surface area contributed by atoms with E-state index in [1.165, 1.54) is 0 Å². The van der Waals surface area contributed by atoms with Crippen LogP contribution in [0.1, 0.15) is 20.7 Å². The van der Waals surface area contributed by atoms with Gasteiger partial charge in [-0.1, -0.05) is 0 Å². The van der Waals surface area contributed by atoms with Crippen LogP contribution >= 0.6 is 25.3 Å². The Kier molecular flexibility index (Phi) is 4.68. The molecular formula is C8H6O8S4. The summed E-state index contributed by atoms with van der Waals surface area (Å²) < 4.78 is 62.3. The summed E-state index contributed by atoms with van der Waals surface area (Å²) in [7, 11) is -9.97. The molecule has 8 nitrogen and oxygen atoms in total. The Hall–Kier alpha value is -0.920. The molecule has 0 saturated heterocycles. The molecule has 0 unspecified atom stereocenters. The lowest BCUT2D eigenvalue weighted by atomic mass is 10.1. The molecule has 0 radical (unpaired) electrons. The third-order valence-electron chi connectivity index (χ3n) is 2.10. The van der Waals surface area contributed by atoms with Crippen LogP contribution in [0.3, 0.4) is 0 Å². The number of thiol groups is 2. The monoisotopic (exact) mass is 358 g/mol. The van der Waals surface area contributed by atoms with Crippen LogP contribution in [0, 0.1) is 0 Å². The Balaban J connectivity index is 4.00. The Morgan fingerprint density at radius 2 is 1.10 bits per heavy atom. The van der Waals surface area contributed by atoms with Gasteiger partial charge in [0.15, 0.2) is 0 Å². The van der Waals surface area contributed by atoms with Crippen molar-refractivity contribution in [3.8, 4) is 0 Å². The lowest BCUT2D eigenvalue weighted by molar-refractivity contribution is 0.108. The van der Waals surface area contributed by atoms with Crippen molar-refractivity contribution in [1.82, 2.24) is 0 Å². The van der Waals surface area contributed by atoms with Crippen LogP contribution in [0.5, 0.6) is 0 Å². The minimum absolute atomic E-state index is 0.275. The fourth-order valence-electron chi connectivity index (χ4n) is 1.32. The first-order valence-electron chi connectivity index (χ1n) is 4.45. The van der Waals surface area contributed by atoms with Gasteiger partial charge in [-0.3, -0.25) is 18.7 Å². The quantitative estimate of drug-likeness (QED) is 0.445. The number of carbonyl (C=O) groups excluding carboxylic acids is 2. The second-order valence-electron chi connectivity index (χ2n) is 3.40. The molecule has 0 saturated carbocycles. The summed E-state index contributed by atoms with van der Waals surface area (Å²) in [4.78, 5) is 20.2. The number of carbonyl (C=O) groups is 2. The van der Waals surface area contributed by atoms with Crippen molar-refractivity contribution in [2.75, 3.05) is 0 Å². The standard InChI is InChI=1S/C8H6O8S4/c9-7(17)3-1-4(8(10)18)6(20(14,15)16)2-5(3)19(11,12)13/h1-2H,(H,9,17)(H,10,18)(H,11,12,13)(H,14,15,16). The van der Waals surface area contributed by atoms with Crippen LogP contribution in [0.2, 0.25) is 0 Å². The van der Waals surface area contributed by atoms with E-state index in [4.69, 9.17) is 9.11 Å². The van der Waals surface area contributed by atoms with E-state index in [9.17, 15) is 26.4 Å². The van der Waals surface area contributed by atoms with Gasteiger partial charge in [-0.05, 0) is 12.1 Å². The number of hydrogen-bond donors (Lipinski definition) is 4. The molecule has 1 aromatic rings. The molecule has 2 N–H and O–H groups in total. The first-order valence-corrected chi connectivity index (χ1v) is 8.22. The maximum Gasteiger partial charge on any atom is 0.295 e. The van der Waals surface area contributed by atoms with Crippen molar-refractivity contribution in [3.05, 3.63) is 23.3 Å². The van der Waals surface area contributed by atoms with Crippen LogP contribution in [0.4, 0.5) is 0 Å². The Morgan fingerprint density at radius 1 is 0.800 bits per heavy atom. The van der Waals surface area contributed by atoms with Crippen molar-refractivity contribution in [3.63, 3.8) is 0 Å². The molecule has 0 aliphatic rings. The van der Waals surface area contributed by atoms with Gasteiger partial charge in [-0.2, -0.15) is 16.8 Å². The maximum absolute atomic E-state index is 11.2. The van der Waals surface area contributed by atoms with Crippen LogP contribution in [0.25, 0.3) is 0 Å². The molecule has 0 fully saturated rings. The number of rotatable bonds is 4.